The number of ether oxygens (including phenoxy) is 1. The molecule has 12 heteroatoms. The van der Waals surface area contributed by atoms with E-state index in [-0.39, 0.29) is 10.8 Å². The van der Waals surface area contributed by atoms with Gasteiger partial charge in [-0.1, -0.05) is 0 Å². The summed E-state index contributed by atoms with van der Waals surface area (Å²) >= 11 is 0. The third-order valence-corrected chi connectivity index (χ3v) is 3.32. The van der Waals surface area contributed by atoms with E-state index in [1.54, 1.807) is 0 Å². The van der Waals surface area contributed by atoms with Crippen molar-refractivity contribution in [1.29, 1.82) is 0 Å². The maximum absolute atomic E-state index is 13.9. The van der Waals surface area contributed by atoms with Crippen molar-refractivity contribution in [2.45, 2.75) is 30.3 Å². The van der Waals surface area contributed by atoms with Gasteiger partial charge in [0.25, 0.3) is 12.0 Å². The first-order valence-electron chi connectivity index (χ1n) is 5.72. The Morgan fingerprint density at radius 1 is 1.41 bits per heavy atom. The fraction of sp³-hybridized carbons (Fsp3) is 0.600. The van der Waals surface area contributed by atoms with Gasteiger partial charge in [0.1, 0.15) is 0 Å². The molecule has 0 saturated carbocycles. The van der Waals surface area contributed by atoms with E-state index < -0.39 is 54.0 Å². The van der Waals surface area contributed by atoms with Crippen molar-refractivity contribution in [3.8, 4) is 0 Å². The summed E-state index contributed by atoms with van der Waals surface area (Å²) in [6.45, 7) is -1.87. The number of hydrogen-bond acceptors (Lipinski definition) is 5. The van der Waals surface area contributed by atoms with Gasteiger partial charge in [0, 0.05) is 0 Å². The van der Waals surface area contributed by atoms with Crippen LogP contribution in [0, 0.1) is 5.82 Å². The number of nitrogens with zero attached hydrogens (tertiary/aromatic N) is 1. The number of alkyl halides is 4. The Kier molecular flexibility index (Phi) is 3.87. The van der Waals surface area contributed by atoms with Crippen molar-refractivity contribution in [2.24, 2.45) is 0 Å². The number of aromatic amines is 1. The van der Waals surface area contributed by atoms with E-state index in [0.29, 0.717) is 0 Å². The number of H-pyrrole nitrogens is 1. The van der Waals surface area contributed by atoms with Crippen LogP contribution in [0.4, 0.5) is 22.0 Å². The second kappa shape index (κ2) is 5.14. The standard InChI is InChI=1S/C10H9F5N2O5/c11-3-1-17(8(21)16-5(3)20)6-4(19)10(14,15)9(2-18,22-6)7(12)13/h1,4,6-7,18-19H,2H2,(H,16,20,21)/t4-,6+,9-/m0/s1. The lowest BCUT2D eigenvalue weighted by Crippen LogP contribution is -2.57. The van der Waals surface area contributed by atoms with Gasteiger partial charge in [-0.2, -0.15) is 13.2 Å². The van der Waals surface area contributed by atoms with E-state index in [1.807, 2.05) is 0 Å². The molecule has 3 atom stereocenters. The smallest absolute Gasteiger partial charge is 0.330 e. The van der Waals surface area contributed by atoms with Crippen LogP contribution >= 0.6 is 0 Å². The van der Waals surface area contributed by atoms with Crippen LogP contribution in [0.15, 0.2) is 15.8 Å². The summed E-state index contributed by atoms with van der Waals surface area (Å²) in [6.07, 6.45) is -9.22. The number of rotatable bonds is 3. The molecule has 1 aliphatic heterocycles. The van der Waals surface area contributed by atoms with E-state index in [2.05, 4.69) is 4.74 Å². The molecule has 2 rings (SSSR count). The minimum Gasteiger partial charge on any atom is -0.393 e. The van der Waals surface area contributed by atoms with Crippen molar-refractivity contribution in [2.75, 3.05) is 6.61 Å². The number of aliphatic hydroxyl groups excluding tert-OH is 2. The van der Waals surface area contributed by atoms with Gasteiger partial charge in [0.15, 0.2) is 12.3 Å². The fourth-order valence-electron chi connectivity index (χ4n) is 2.06. The summed E-state index contributed by atoms with van der Waals surface area (Å²) in [5.41, 5.74) is -6.71. The average molecular weight is 332 g/mol. The molecule has 0 unspecified atom stereocenters. The maximum Gasteiger partial charge on any atom is 0.330 e. The predicted octanol–water partition coefficient (Wildman–Crippen LogP) is -0.803. The zero-order chi connectivity index (χ0) is 16.9. The van der Waals surface area contributed by atoms with Gasteiger partial charge in [0.05, 0.1) is 12.8 Å². The summed E-state index contributed by atoms with van der Waals surface area (Å²) in [4.78, 5) is 23.7. The van der Waals surface area contributed by atoms with E-state index in [1.165, 1.54) is 4.98 Å². The largest absolute Gasteiger partial charge is 0.393 e. The van der Waals surface area contributed by atoms with Crippen molar-refractivity contribution in [1.82, 2.24) is 9.55 Å². The highest BCUT2D eigenvalue weighted by Gasteiger charge is 2.73. The van der Waals surface area contributed by atoms with Gasteiger partial charge < -0.3 is 14.9 Å². The highest BCUT2D eigenvalue weighted by atomic mass is 19.3. The lowest BCUT2D eigenvalue weighted by molar-refractivity contribution is -0.244. The van der Waals surface area contributed by atoms with E-state index in [0.717, 1.165) is 0 Å². The summed E-state index contributed by atoms with van der Waals surface area (Å²) in [5.74, 6) is -6.23. The summed E-state index contributed by atoms with van der Waals surface area (Å²) in [5, 5.41) is 18.3. The maximum atomic E-state index is 13.9. The highest BCUT2D eigenvalue weighted by Crippen LogP contribution is 2.50. The molecular weight excluding hydrogens is 323 g/mol. The lowest BCUT2D eigenvalue weighted by atomic mass is 9.95. The molecule has 1 fully saturated rings. The Labute approximate surface area is 117 Å². The van der Waals surface area contributed by atoms with Crippen molar-refractivity contribution >= 4 is 0 Å². The number of aliphatic hydroxyl groups is 2. The second-order valence-electron chi connectivity index (χ2n) is 4.57. The Morgan fingerprint density at radius 2 is 2.00 bits per heavy atom. The van der Waals surface area contributed by atoms with E-state index in [9.17, 15) is 36.6 Å². The zero-order valence-electron chi connectivity index (χ0n) is 10.5. The summed E-state index contributed by atoms with van der Waals surface area (Å²) in [6, 6.07) is 0. The van der Waals surface area contributed by atoms with Crippen LogP contribution < -0.4 is 11.2 Å². The number of hydrogen-bond donors (Lipinski definition) is 3. The molecule has 7 nitrogen and oxygen atoms in total. The molecule has 1 aromatic rings. The van der Waals surface area contributed by atoms with Gasteiger partial charge >= 0.3 is 11.6 Å². The summed E-state index contributed by atoms with van der Waals surface area (Å²) in [7, 11) is 0. The molecule has 3 N–H and O–H groups in total. The Hall–Kier alpha value is -1.79. The van der Waals surface area contributed by atoms with Crippen LogP contribution in [0.1, 0.15) is 6.23 Å². The van der Waals surface area contributed by atoms with Gasteiger partial charge in [-0.3, -0.25) is 14.3 Å². The van der Waals surface area contributed by atoms with Gasteiger partial charge in [-0.05, 0) is 0 Å². The monoisotopic (exact) mass is 332 g/mol. The number of halogens is 5. The van der Waals surface area contributed by atoms with Gasteiger partial charge in [-0.15, -0.1) is 0 Å². The third-order valence-electron chi connectivity index (χ3n) is 3.32. The molecule has 0 aromatic carbocycles. The SMILES string of the molecule is O=c1[nH]c(=O)n([C@@H]2O[C@@](CO)(C(F)F)C(F)(F)[C@H]2O)cc1F. The second-order valence-corrected chi connectivity index (χ2v) is 4.57. The van der Waals surface area contributed by atoms with Crippen LogP contribution in [0.2, 0.25) is 0 Å². The van der Waals surface area contributed by atoms with E-state index >= 15 is 0 Å². The van der Waals surface area contributed by atoms with Crippen LogP contribution in [0.25, 0.3) is 0 Å². The lowest BCUT2D eigenvalue weighted by Gasteiger charge is -2.31. The third kappa shape index (κ3) is 2.06. The molecule has 0 spiro atoms. The molecular formula is C10H9F5N2O5. The molecule has 0 bridgehead atoms. The number of aromatic nitrogens is 2. The molecule has 0 amide bonds. The van der Waals surface area contributed by atoms with E-state index in [4.69, 9.17) is 5.11 Å². The topological polar surface area (TPSA) is 105 Å². The van der Waals surface area contributed by atoms with Crippen LogP contribution in [0.3, 0.4) is 0 Å². The molecule has 0 aliphatic carbocycles. The molecule has 2 heterocycles. The zero-order valence-corrected chi connectivity index (χ0v) is 10.5. The molecule has 1 aromatic heterocycles. The Balaban J connectivity index is 2.58. The predicted molar refractivity (Wildman–Crippen MR) is 58.2 cm³/mol. The minimum absolute atomic E-state index is 0.00486. The molecule has 0 radical (unpaired) electrons. The molecule has 1 saturated heterocycles. The fourth-order valence-corrected chi connectivity index (χ4v) is 2.06. The average Bonchev–Trinajstić information content (AvgIpc) is 2.63. The first-order valence-corrected chi connectivity index (χ1v) is 5.72. The van der Waals surface area contributed by atoms with Gasteiger partial charge in [0.2, 0.25) is 11.4 Å². The minimum atomic E-state index is -4.65. The number of nitrogens with one attached hydrogen (secondary N) is 1. The first-order chi connectivity index (χ1) is 10.1. The van der Waals surface area contributed by atoms with Crippen molar-refractivity contribution in [3.63, 3.8) is 0 Å². The molecule has 22 heavy (non-hydrogen) atoms. The van der Waals surface area contributed by atoms with Crippen molar-refractivity contribution in [3.05, 3.63) is 32.9 Å². The normalized spacial score (nSPS) is 30.9. The quantitative estimate of drug-likeness (QED) is 0.629. The Bertz CT molecular complexity index is 689. The highest BCUT2D eigenvalue weighted by molar-refractivity contribution is 5.09. The first kappa shape index (κ1) is 16.6. The van der Waals surface area contributed by atoms with Crippen molar-refractivity contribution < 1.29 is 36.9 Å². The molecule has 124 valence electrons. The summed E-state index contributed by atoms with van der Waals surface area (Å²) < 4.78 is 71.0. The molecule has 1 aliphatic rings. The van der Waals surface area contributed by atoms with Crippen LogP contribution in [0.5, 0.6) is 0 Å². The van der Waals surface area contributed by atoms with Crippen LogP contribution in [-0.4, -0.2) is 50.4 Å². The van der Waals surface area contributed by atoms with Gasteiger partial charge in [-0.25, -0.2) is 13.6 Å². The van der Waals surface area contributed by atoms with Crippen LogP contribution in [-0.2, 0) is 4.74 Å². The Morgan fingerprint density at radius 3 is 2.45 bits per heavy atom.